The number of nitrogens with one attached hydrogen (secondary N) is 1. The lowest BCUT2D eigenvalue weighted by Crippen LogP contribution is -2.38. The number of anilines is 2. The van der Waals surface area contributed by atoms with E-state index < -0.39 is 0 Å². The predicted molar refractivity (Wildman–Crippen MR) is 123 cm³/mol. The van der Waals surface area contributed by atoms with Crippen molar-refractivity contribution in [3.8, 4) is 0 Å². The maximum absolute atomic E-state index is 13.1. The first-order valence-electron chi connectivity index (χ1n) is 9.81. The van der Waals surface area contributed by atoms with Crippen LogP contribution in [0.2, 0.25) is 10.0 Å². The zero-order valence-corrected chi connectivity index (χ0v) is 18.9. The van der Waals surface area contributed by atoms with Gasteiger partial charge in [0.2, 0.25) is 5.13 Å². The van der Waals surface area contributed by atoms with Gasteiger partial charge in [-0.1, -0.05) is 41.4 Å². The van der Waals surface area contributed by atoms with E-state index in [4.69, 9.17) is 23.2 Å². The van der Waals surface area contributed by atoms with Gasteiger partial charge in [-0.25, -0.2) is 14.2 Å². The van der Waals surface area contributed by atoms with Crippen LogP contribution in [0.25, 0.3) is 0 Å². The Kier molecular flexibility index (Phi) is 6.89. The summed E-state index contributed by atoms with van der Waals surface area (Å²) < 4.78 is 17.5. The highest BCUT2D eigenvalue weighted by atomic mass is 35.5. The molecule has 1 N–H and O–H groups in total. The fourth-order valence-corrected chi connectivity index (χ4v) is 4.42. The van der Waals surface area contributed by atoms with Crippen molar-refractivity contribution in [3.63, 3.8) is 0 Å². The maximum Gasteiger partial charge on any atom is 0.321 e. The van der Waals surface area contributed by atoms with E-state index in [1.165, 1.54) is 23.7 Å². The van der Waals surface area contributed by atoms with Gasteiger partial charge in [0.25, 0.3) is 0 Å². The fourth-order valence-electron chi connectivity index (χ4n) is 3.34. The smallest absolute Gasteiger partial charge is 0.321 e. The monoisotopic (exact) mass is 479 g/mol. The number of carbonyl (C=O) groups is 1. The van der Waals surface area contributed by atoms with E-state index in [1.807, 2.05) is 0 Å². The van der Waals surface area contributed by atoms with Gasteiger partial charge in [0.15, 0.2) is 0 Å². The first-order chi connectivity index (χ1) is 15.0. The van der Waals surface area contributed by atoms with Crippen molar-refractivity contribution in [2.24, 2.45) is 0 Å². The van der Waals surface area contributed by atoms with Crippen molar-refractivity contribution in [2.75, 3.05) is 36.4 Å². The summed E-state index contributed by atoms with van der Waals surface area (Å²) in [5.41, 5.74) is 1.46. The van der Waals surface area contributed by atoms with Gasteiger partial charge in [-0.05, 0) is 36.2 Å². The van der Waals surface area contributed by atoms with Crippen LogP contribution in [0, 0.1) is 5.82 Å². The Hall–Kier alpha value is -2.42. The van der Waals surface area contributed by atoms with Crippen LogP contribution in [0.4, 0.5) is 20.0 Å². The van der Waals surface area contributed by atoms with E-state index >= 15 is 0 Å². The molecule has 162 valence electrons. The van der Waals surface area contributed by atoms with Crippen LogP contribution in [0.3, 0.4) is 0 Å². The first kappa shape index (κ1) is 21.8. The van der Waals surface area contributed by atoms with Gasteiger partial charge in [0, 0.05) is 44.1 Å². The van der Waals surface area contributed by atoms with Gasteiger partial charge >= 0.3 is 6.03 Å². The number of hydrogen-bond acceptors (Lipinski definition) is 5. The van der Waals surface area contributed by atoms with E-state index in [0.29, 0.717) is 47.6 Å². The van der Waals surface area contributed by atoms with Gasteiger partial charge in [0.05, 0.1) is 15.7 Å². The molecule has 0 aliphatic carbocycles. The number of halogens is 3. The van der Waals surface area contributed by atoms with Crippen molar-refractivity contribution in [1.29, 1.82) is 0 Å². The molecular weight excluding hydrogens is 460 g/mol. The third kappa shape index (κ3) is 5.44. The topological polar surface area (TPSA) is 61.4 Å². The number of nitrogens with zero attached hydrogens (tertiary/aromatic N) is 4. The average molecular weight is 480 g/mol. The molecule has 2 aromatic carbocycles. The van der Waals surface area contributed by atoms with Crippen molar-refractivity contribution in [1.82, 2.24) is 14.3 Å². The SMILES string of the molecule is O=C(Nc1cccc(Cl)c1Cl)N1CCCN(c2nc(Cc3ccc(F)cc3)ns2)CC1. The van der Waals surface area contributed by atoms with Crippen LogP contribution < -0.4 is 10.2 Å². The molecule has 0 radical (unpaired) electrons. The largest absolute Gasteiger partial charge is 0.345 e. The van der Waals surface area contributed by atoms with Crippen LogP contribution in [0.5, 0.6) is 0 Å². The molecule has 1 aliphatic rings. The minimum atomic E-state index is -0.258. The molecule has 0 bridgehead atoms. The van der Waals surface area contributed by atoms with E-state index in [2.05, 4.69) is 19.6 Å². The second-order valence-corrected chi connectivity index (χ2v) is 8.67. The summed E-state index contributed by atoms with van der Waals surface area (Å²) >= 11 is 13.5. The Morgan fingerprint density at radius 2 is 1.90 bits per heavy atom. The summed E-state index contributed by atoms with van der Waals surface area (Å²) in [7, 11) is 0. The zero-order valence-electron chi connectivity index (χ0n) is 16.5. The summed E-state index contributed by atoms with van der Waals surface area (Å²) in [6, 6.07) is 11.3. The molecule has 0 spiro atoms. The number of aromatic nitrogens is 2. The Bertz CT molecular complexity index is 1060. The first-order valence-corrected chi connectivity index (χ1v) is 11.3. The van der Waals surface area contributed by atoms with Crippen LogP contribution in [0.15, 0.2) is 42.5 Å². The van der Waals surface area contributed by atoms with Gasteiger partial charge < -0.3 is 15.1 Å². The lowest BCUT2D eigenvalue weighted by Gasteiger charge is -2.22. The molecule has 1 fully saturated rings. The molecule has 31 heavy (non-hydrogen) atoms. The van der Waals surface area contributed by atoms with Crippen molar-refractivity contribution in [2.45, 2.75) is 12.8 Å². The van der Waals surface area contributed by atoms with E-state index in [9.17, 15) is 9.18 Å². The second-order valence-electron chi connectivity index (χ2n) is 7.16. The third-order valence-electron chi connectivity index (χ3n) is 4.98. The molecule has 2 amide bonds. The van der Waals surface area contributed by atoms with E-state index in [-0.39, 0.29) is 11.8 Å². The maximum atomic E-state index is 13.1. The molecule has 0 saturated carbocycles. The Balaban J connectivity index is 1.35. The molecule has 10 heteroatoms. The molecule has 6 nitrogen and oxygen atoms in total. The van der Waals surface area contributed by atoms with Gasteiger partial charge in [-0.3, -0.25) is 0 Å². The quantitative estimate of drug-likeness (QED) is 0.549. The fraction of sp³-hybridized carbons (Fsp3) is 0.286. The zero-order chi connectivity index (χ0) is 21.8. The van der Waals surface area contributed by atoms with Crippen LogP contribution in [0.1, 0.15) is 17.8 Å². The standard InChI is InChI=1S/C21H20Cl2FN5OS/c22-16-3-1-4-17(19(16)23)25-20(30)28-9-2-10-29(12-11-28)21-26-18(27-31-21)13-14-5-7-15(24)8-6-14/h1,3-8H,2,9-13H2,(H,25,30). The van der Waals surface area contributed by atoms with E-state index in [0.717, 1.165) is 23.7 Å². The number of amides is 2. The molecule has 0 atom stereocenters. The normalized spacial score (nSPS) is 14.4. The van der Waals surface area contributed by atoms with Gasteiger partial charge in [-0.15, -0.1) is 0 Å². The Morgan fingerprint density at radius 1 is 1.10 bits per heavy atom. The average Bonchev–Trinajstić information content (AvgIpc) is 3.07. The highest BCUT2D eigenvalue weighted by molar-refractivity contribution is 7.09. The summed E-state index contributed by atoms with van der Waals surface area (Å²) in [4.78, 5) is 21.2. The minimum Gasteiger partial charge on any atom is -0.345 e. The van der Waals surface area contributed by atoms with Gasteiger partial charge in [0.1, 0.15) is 11.6 Å². The molecule has 1 aliphatic heterocycles. The van der Waals surface area contributed by atoms with E-state index in [1.54, 1.807) is 35.2 Å². The molecule has 1 aromatic heterocycles. The third-order valence-corrected chi connectivity index (χ3v) is 6.61. The van der Waals surface area contributed by atoms with Crippen molar-refractivity contribution < 1.29 is 9.18 Å². The molecule has 1 saturated heterocycles. The second kappa shape index (κ2) is 9.80. The van der Waals surface area contributed by atoms with Crippen LogP contribution >= 0.6 is 34.7 Å². The van der Waals surface area contributed by atoms with Crippen LogP contribution in [-0.4, -0.2) is 46.5 Å². The van der Waals surface area contributed by atoms with Crippen LogP contribution in [-0.2, 0) is 6.42 Å². The number of hydrogen-bond donors (Lipinski definition) is 1. The summed E-state index contributed by atoms with van der Waals surface area (Å²) in [5.74, 6) is 0.451. The lowest BCUT2D eigenvalue weighted by atomic mass is 10.1. The Morgan fingerprint density at radius 3 is 2.71 bits per heavy atom. The summed E-state index contributed by atoms with van der Waals surface area (Å²) in [6.45, 7) is 2.62. The number of carbonyl (C=O) groups excluding carboxylic acids is 1. The summed E-state index contributed by atoms with van der Waals surface area (Å²) in [5, 5.41) is 4.40. The number of rotatable bonds is 4. The molecular formula is C21H20Cl2FN5OS. The molecule has 4 rings (SSSR count). The predicted octanol–water partition coefficient (Wildman–Crippen LogP) is 5.32. The van der Waals surface area contributed by atoms with Crippen molar-refractivity contribution in [3.05, 3.63) is 69.7 Å². The Labute approximate surface area is 193 Å². The van der Waals surface area contributed by atoms with Gasteiger partial charge in [-0.2, -0.15) is 4.37 Å². The molecule has 3 aromatic rings. The van der Waals surface area contributed by atoms with Crippen molar-refractivity contribution >= 4 is 51.6 Å². The number of urea groups is 1. The number of benzene rings is 2. The minimum absolute atomic E-state index is 0.208. The summed E-state index contributed by atoms with van der Waals surface area (Å²) in [6.07, 6.45) is 1.36. The molecule has 2 heterocycles. The lowest BCUT2D eigenvalue weighted by molar-refractivity contribution is 0.215. The highest BCUT2D eigenvalue weighted by Gasteiger charge is 2.22. The highest BCUT2D eigenvalue weighted by Crippen LogP contribution is 2.30. The molecule has 0 unspecified atom stereocenters.